The van der Waals surface area contributed by atoms with Gasteiger partial charge >= 0.3 is 0 Å². The number of pyridine rings is 1. The van der Waals surface area contributed by atoms with Crippen molar-refractivity contribution in [1.29, 1.82) is 0 Å². The fourth-order valence-electron chi connectivity index (χ4n) is 4.81. The first-order chi connectivity index (χ1) is 15.6. The van der Waals surface area contributed by atoms with Gasteiger partial charge in [-0.05, 0) is 61.6 Å². The van der Waals surface area contributed by atoms with Crippen LogP contribution in [-0.4, -0.2) is 43.8 Å². The first kappa shape index (κ1) is 19.4. The van der Waals surface area contributed by atoms with E-state index in [4.69, 9.17) is 10.7 Å². The van der Waals surface area contributed by atoms with Gasteiger partial charge in [0.1, 0.15) is 0 Å². The molecule has 6 rings (SSSR count). The monoisotopic (exact) mass is 426 g/mol. The SMILES string of the molecule is NC1(c2ccc(-n3c(-c4ccccn4)cc4cnc(N5CCC(O)C5)nc43)cc2)CCC1. The van der Waals surface area contributed by atoms with Crippen LogP contribution in [0.15, 0.2) is 60.9 Å². The summed E-state index contributed by atoms with van der Waals surface area (Å²) in [7, 11) is 0. The maximum atomic E-state index is 9.96. The van der Waals surface area contributed by atoms with Crippen molar-refractivity contribution in [2.45, 2.75) is 37.3 Å². The van der Waals surface area contributed by atoms with Crippen LogP contribution >= 0.6 is 0 Å². The van der Waals surface area contributed by atoms with E-state index < -0.39 is 0 Å². The largest absolute Gasteiger partial charge is 0.391 e. The molecule has 1 saturated carbocycles. The quantitative estimate of drug-likeness (QED) is 0.520. The molecule has 0 spiro atoms. The molecule has 4 heterocycles. The van der Waals surface area contributed by atoms with Crippen LogP contribution < -0.4 is 10.6 Å². The van der Waals surface area contributed by atoms with Crippen LogP contribution in [-0.2, 0) is 5.54 Å². The zero-order valence-electron chi connectivity index (χ0n) is 17.9. The molecule has 0 radical (unpaired) electrons. The zero-order chi connectivity index (χ0) is 21.7. The third kappa shape index (κ3) is 3.16. The van der Waals surface area contributed by atoms with Crippen molar-refractivity contribution >= 4 is 17.0 Å². The molecule has 7 nitrogen and oxygen atoms in total. The second-order valence-electron chi connectivity index (χ2n) is 8.97. The highest BCUT2D eigenvalue weighted by Crippen LogP contribution is 2.39. The van der Waals surface area contributed by atoms with E-state index in [0.29, 0.717) is 12.5 Å². The lowest BCUT2D eigenvalue weighted by atomic mass is 9.73. The van der Waals surface area contributed by atoms with Gasteiger partial charge in [-0.15, -0.1) is 0 Å². The fraction of sp³-hybridized carbons (Fsp3) is 0.320. The molecule has 2 fully saturated rings. The Kier molecular flexibility index (Phi) is 4.48. The van der Waals surface area contributed by atoms with Gasteiger partial charge in [-0.1, -0.05) is 18.2 Å². The van der Waals surface area contributed by atoms with Crippen molar-refractivity contribution in [1.82, 2.24) is 19.5 Å². The van der Waals surface area contributed by atoms with E-state index in [0.717, 1.165) is 53.9 Å². The number of aliphatic hydroxyl groups excluding tert-OH is 1. The minimum atomic E-state index is -0.326. The predicted octanol–water partition coefficient (Wildman–Crippen LogP) is 3.39. The summed E-state index contributed by atoms with van der Waals surface area (Å²) in [6, 6.07) is 16.5. The number of nitrogens with two attached hydrogens (primary N) is 1. The van der Waals surface area contributed by atoms with E-state index in [-0.39, 0.29) is 11.6 Å². The average molecular weight is 427 g/mol. The Morgan fingerprint density at radius 1 is 1.06 bits per heavy atom. The summed E-state index contributed by atoms with van der Waals surface area (Å²) in [5.41, 5.74) is 11.2. The standard InChI is InChI=1S/C25H26N6O/c26-25(10-3-11-25)18-5-7-19(8-6-18)31-22(21-4-1-2-12-27-21)14-17-15-28-24(29-23(17)31)30-13-9-20(32)16-30/h1-2,4-8,12,14-15,20,32H,3,9-11,13,16,26H2. The van der Waals surface area contributed by atoms with Crippen LogP contribution in [0.3, 0.4) is 0 Å². The molecule has 1 unspecified atom stereocenters. The third-order valence-corrected chi connectivity index (χ3v) is 6.85. The zero-order valence-corrected chi connectivity index (χ0v) is 17.9. The number of benzene rings is 1. The highest BCUT2D eigenvalue weighted by molar-refractivity contribution is 5.86. The molecule has 1 aliphatic heterocycles. The Hall–Kier alpha value is -3.29. The number of nitrogens with zero attached hydrogens (tertiary/aromatic N) is 5. The van der Waals surface area contributed by atoms with E-state index in [1.807, 2.05) is 29.3 Å². The van der Waals surface area contributed by atoms with E-state index in [9.17, 15) is 5.11 Å². The highest BCUT2D eigenvalue weighted by atomic mass is 16.3. The molecule has 1 aromatic carbocycles. The molecule has 3 aromatic heterocycles. The average Bonchev–Trinajstić information content (AvgIpc) is 3.41. The van der Waals surface area contributed by atoms with Crippen LogP contribution in [0.2, 0.25) is 0 Å². The van der Waals surface area contributed by atoms with Gasteiger partial charge in [0, 0.05) is 42.1 Å². The number of rotatable bonds is 4. The molecule has 7 heteroatoms. The summed E-state index contributed by atoms with van der Waals surface area (Å²) in [6.07, 6.45) is 7.35. The van der Waals surface area contributed by atoms with Gasteiger partial charge in [0.25, 0.3) is 0 Å². The third-order valence-electron chi connectivity index (χ3n) is 6.85. The molecule has 4 aromatic rings. The summed E-state index contributed by atoms with van der Waals surface area (Å²) in [6.45, 7) is 1.32. The van der Waals surface area contributed by atoms with Crippen molar-refractivity contribution in [3.63, 3.8) is 0 Å². The Bertz CT molecular complexity index is 1260. The highest BCUT2D eigenvalue weighted by Gasteiger charge is 2.34. The molecular weight excluding hydrogens is 400 g/mol. The van der Waals surface area contributed by atoms with Gasteiger partial charge in [-0.25, -0.2) is 4.98 Å². The Balaban J connectivity index is 1.50. The van der Waals surface area contributed by atoms with Crippen LogP contribution in [0.5, 0.6) is 0 Å². The lowest BCUT2D eigenvalue weighted by Crippen LogP contribution is -2.43. The molecule has 0 amide bonds. The molecule has 2 aliphatic rings. The molecular formula is C25H26N6O. The van der Waals surface area contributed by atoms with Crippen LogP contribution in [0.25, 0.3) is 28.1 Å². The van der Waals surface area contributed by atoms with Gasteiger partial charge < -0.3 is 15.7 Å². The normalized spacial score (nSPS) is 19.9. The molecule has 1 saturated heterocycles. The summed E-state index contributed by atoms with van der Waals surface area (Å²) in [4.78, 5) is 16.1. The van der Waals surface area contributed by atoms with E-state index in [1.54, 1.807) is 6.20 Å². The Morgan fingerprint density at radius 2 is 1.91 bits per heavy atom. The fourth-order valence-corrected chi connectivity index (χ4v) is 4.81. The first-order valence-corrected chi connectivity index (χ1v) is 11.2. The topological polar surface area (TPSA) is 93.1 Å². The van der Waals surface area contributed by atoms with Crippen molar-refractivity contribution < 1.29 is 5.11 Å². The summed E-state index contributed by atoms with van der Waals surface area (Å²) < 4.78 is 2.14. The summed E-state index contributed by atoms with van der Waals surface area (Å²) in [5.74, 6) is 0.646. The van der Waals surface area contributed by atoms with Crippen LogP contribution in [0.1, 0.15) is 31.2 Å². The van der Waals surface area contributed by atoms with Gasteiger partial charge in [0.05, 0.1) is 17.5 Å². The van der Waals surface area contributed by atoms with Crippen molar-refractivity contribution in [3.8, 4) is 17.1 Å². The lowest BCUT2D eigenvalue weighted by molar-refractivity contribution is 0.198. The summed E-state index contributed by atoms with van der Waals surface area (Å²) >= 11 is 0. The number of hydrogen-bond acceptors (Lipinski definition) is 6. The Labute approximate surface area is 186 Å². The van der Waals surface area contributed by atoms with E-state index in [2.05, 4.69) is 44.9 Å². The first-order valence-electron chi connectivity index (χ1n) is 11.2. The van der Waals surface area contributed by atoms with Crippen LogP contribution in [0.4, 0.5) is 5.95 Å². The molecule has 32 heavy (non-hydrogen) atoms. The predicted molar refractivity (Wildman–Crippen MR) is 125 cm³/mol. The van der Waals surface area contributed by atoms with Crippen LogP contribution in [0, 0.1) is 0 Å². The molecule has 162 valence electrons. The number of hydrogen-bond donors (Lipinski definition) is 2. The molecule has 3 N–H and O–H groups in total. The van der Waals surface area contributed by atoms with Gasteiger partial charge in [-0.3, -0.25) is 9.55 Å². The van der Waals surface area contributed by atoms with Gasteiger partial charge in [0.15, 0.2) is 5.65 Å². The second kappa shape index (κ2) is 7.39. The number of aliphatic hydroxyl groups is 1. The minimum Gasteiger partial charge on any atom is -0.391 e. The maximum absolute atomic E-state index is 9.96. The van der Waals surface area contributed by atoms with E-state index in [1.165, 1.54) is 12.0 Å². The van der Waals surface area contributed by atoms with Crippen molar-refractivity contribution in [2.24, 2.45) is 5.73 Å². The number of aromatic nitrogens is 4. The molecule has 0 bridgehead atoms. The smallest absolute Gasteiger partial charge is 0.227 e. The van der Waals surface area contributed by atoms with E-state index >= 15 is 0 Å². The minimum absolute atomic E-state index is 0.187. The summed E-state index contributed by atoms with van der Waals surface area (Å²) in [5, 5.41) is 10.9. The van der Waals surface area contributed by atoms with Gasteiger partial charge in [0.2, 0.25) is 5.95 Å². The van der Waals surface area contributed by atoms with Crippen molar-refractivity contribution in [3.05, 3.63) is 66.5 Å². The van der Waals surface area contributed by atoms with Crippen molar-refractivity contribution in [2.75, 3.05) is 18.0 Å². The lowest BCUT2D eigenvalue weighted by Gasteiger charge is -2.38. The molecule has 1 atom stereocenters. The van der Waals surface area contributed by atoms with Gasteiger partial charge in [-0.2, -0.15) is 4.98 Å². The Morgan fingerprint density at radius 3 is 2.56 bits per heavy atom. The molecule has 1 aliphatic carbocycles. The number of fused-ring (bicyclic) bond motifs is 1. The number of anilines is 1. The maximum Gasteiger partial charge on any atom is 0.227 e. The second-order valence-corrected chi connectivity index (χ2v) is 8.97. The number of β-amino-alcohol motifs (C(OH)–C–C–N with tert-alkyl or cyclic N) is 1.